The number of pyridine rings is 1. The fourth-order valence-electron chi connectivity index (χ4n) is 2.18. The van der Waals surface area contributed by atoms with Gasteiger partial charge in [0.05, 0.1) is 0 Å². The van der Waals surface area contributed by atoms with E-state index in [0.29, 0.717) is 11.9 Å². The Morgan fingerprint density at radius 1 is 1.50 bits per heavy atom. The SMILES string of the molecule is CN1CCCCC1c1cccnc1N. The van der Waals surface area contributed by atoms with Crippen LogP contribution in [0.4, 0.5) is 5.82 Å². The normalized spacial score (nSPS) is 23.6. The maximum atomic E-state index is 5.88. The first-order chi connectivity index (χ1) is 6.79. The summed E-state index contributed by atoms with van der Waals surface area (Å²) in [5.74, 6) is 0.686. The molecule has 1 fully saturated rings. The Morgan fingerprint density at radius 3 is 3.07 bits per heavy atom. The summed E-state index contributed by atoms with van der Waals surface area (Å²) < 4.78 is 0. The average molecular weight is 191 g/mol. The summed E-state index contributed by atoms with van der Waals surface area (Å²) in [5.41, 5.74) is 7.07. The van der Waals surface area contributed by atoms with Gasteiger partial charge < -0.3 is 5.73 Å². The highest BCUT2D eigenvalue weighted by Gasteiger charge is 2.22. The molecule has 0 aromatic carbocycles. The molecule has 1 aromatic heterocycles. The maximum Gasteiger partial charge on any atom is 0.128 e. The summed E-state index contributed by atoms with van der Waals surface area (Å²) in [4.78, 5) is 6.51. The number of piperidine rings is 1. The van der Waals surface area contributed by atoms with Crippen LogP contribution in [0.15, 0.2) is 18.3 Å². The molecule has 0 aliphatic carbocycles. The number of hydrogen-bond donors (Lipinski definition) is 1. The second-order valence-corrected chi connectivity index (χ2v) is 3.97. The molecule has 76 valence electrons. The number of nitrogens with zero attached hydrogens (tertiary/aromatic N) is 2. The second-order valence-electron chi connectivity index (χ2n) is 3.97. The molecule has 1 atom stereocenters. The van der Waals surface area contributed by atoms with Gasteiger partial charge in [0.1, 0.15) is 5.82 Å². The van der Waals surface area contributed by atoms with Crippen LogP contribution in [0.3, 0.4) is 0 Å². The summed E-state index contributed by atoms with van der Waals surface area (Å²) in [6, 6.07) is 4.53. The molecule has 14 heavy (non-hydrogen) atoms. The number of likely N-dealkylation sites (tertiary alicyclic amines) is 1. The van der Waals surface area contributed by atoms with Gasteiger partial charge in [0.15, 0.2) is 0 Å². The third-order valence-corrected chi connectivity index (χ3v) is 3.00. The van der Waals surface area contributed by atoms with Crippen molar-refractivity contribution in [1.82, 2.24) is 9.88 Å². The van der Waals surface area contributed by atoms with E-state index in [2.05, 4.69) is 23.0 Å². The first-order valence-electron chi connectivity index (χ1n) is 5.19. The molecule has 3 nitrogen and oxygen atoms in total. The zero-order valence-corrected chi connectivity index (χ0v) is 8.61. The minimum absolute atomic E-state index is 0.470. The molecular weight excluding hydrogens is 174 g/mol. The highest BCUT2D eigenvalue weighted by molar-refractivity contribution is 5.40. The molecule has 1 unspecified atom stereocenters. The minimum Gasteiger partial charge on any atom is -0.383 e. The van der Waals surface area contributed by atoms with Crippen LogP contribution in [0.5, 0.6) is 0 Å². The van der Waals surface area contributed by atoms with E-state index < -0.39 is 0 Å². The summed E-state index contributed by atoms with van der Waals surface area (Å²) in [6.45, 7) is 1.17. The minimum atomic E-state index is 0.470. The van der Waals surface area contributed by atoms with Crippen molar-refractivity contribution in [2.75, 3.05) is 19.3 Å². The second kappa shape index (κ2) is 3.96. The van der Waals surface area contributed by atoms with Crippen molar-refractivity contribution in [2.45, 2.75) is 25.3 Å². The molecule has 0 spiro atoms. The molecule has 0 bridgehead atoms. The van der Waals surface area contributed by atoms with E-state index in [9.17, 15) is 0 Å². The van der Waals surface area contributed by atoms with E-state index in [0.717, 1.165) is 0 Å². The van der Waals surface area contributed by atoms with Crippen molar-refractivity contribution in [3.05, 3.63) is 23.9 Å². The smallest absolute Gasteiger partial charge is 0.128 e. The van der Waals surface area contributed by atoms with Gasteiger partial charge in [0, 0.05) is 17.8 Å². The van der Waals surface area contributed by atoms with Gasteiger partial charge in [-0.3, -0.25) is 4.90 Å². The van der Waals surface area contributed by atoms with Crippen molar-refractivity contribution < 1.29 is 0 Å². The standard InChI is InChI=1S/C11H17N3/c1-14-8-3-2-6-10(14)9-5-4-7-13-11(9)12/h4-5,7,10H,2-3,6,8H2,1H3,(H2,12,13). The van der Waals surface area contributed by atoms with Crippen molar-refractivity contribution in [3.8, 4) is 0 Å². The third-order valence-electron chi connectivity index (χ3n) is 3.00. The molecule has 0 amide bonds. The van der Waals surface area contributed by atoms with E-state index >= 15 is 0 Å². The van der Waals surface area contributed by atoms with Crippen molar-refractivity contribution in [2.24, 2.45) is 0 Å². The predicted molar refractivity (Wildman–Crippen MR) is 57.9 cm³/mol. The largest absolute Gasteiger partial charge is 0.383 e. The highest BCUT2D eigenvalue weighted by atomic mass is 15.1. The summed E-state index contributed by atoms with van der Waals surface area (Å²) in [5, 5.41) is 0. The average Bonchev–Trinajstić information content (AvgIpc) is 2.20. The lowest BCUT2D eigenvalue weighted by Crippen LogP contribution is -2.30. The maximum absolute atomic E-state index is 5.88. The Kier molecular flexibility index (Phi) is 2.68. The number of hydrogen-bond acceptors (Lipinski definition) is 3. The van der Waals surface area contributed by atoms with Gasteiger partial charge in [-0.2, -0.15) is 0 Å². The fourth-order valence-corrected chi connectivity index (χ4v) is 2.18. The topological polar surface area (TPSA) is 42.2 Å². The van der Waals surface area contributed by atoms with E-state index in [1.807, 2.05) is 6.07 Å². The molecular formula is C11H17N3. The van der Waals surface area contributed by atoms with Crippen LogP contribution in [-0.4, -0.2) is 23.5 Å². The summed E-state index contributed by atoms with van der Waals surface area (Å²) in [6.07, 6.45) is 5.55. The van der Waals surface area contributed by atoms with Crippen LogP contribution < -0.4 is 5.73 Å². The van der Waals surface area contributed by atoms with Crippen LogP contribution in [0.2, 0.25) is 0 Å². The lowest BCUT2D eigenvalue weighted by molar-refractivity contribution is 0.188. The van der Waals surface area contributed by atoms with E-state index in [1.54, 1.807) is 6.20 Å². The number of nitrogen functional groups attached to an aromatic ring is 1. The Morgan fingerprint density at radius 2 is 2.36 bits per heavy atom. The lowest BCUT2D eigenvalue weighted by atomic mass is 9.96. The molecule has 1 aromatic rings. The predicted octanol–water partition coefficient (Wildman–Crippen LogP) is 1.82. The molecule has 1 aliphatic rings. The number of aromatic nitrogens is 1. The van der Waals surface area contributed by atoms with Gasteiger partial charge in [-0.1, -0.05) is 12.5 Å². The van der Waals surface area contributed by atoms with Crippen LogP contribution in [0, 0.1) is 0 Å². The number of rotatable bonds is 1. The van der Waals surface area contributed by atoms with Crippen LogP contribution in [0.1, 0.15) is 30.9 Å². The molecule has 2 heterocycles. The fraction of sp³-hybridized carbons (Fsp3) is 0.545. The van der Waals surface area contributed by atoms with Gasteiger partial charge in [0.2, 0.25) is 0 Å². The van der Waals surface area contributed by atoms with Gasteiger partial charge in [-0.15, -0.1) is 0 Å². The number of anilines is 1. The van der Waals surface area contributed by atoms with Crippen molar-refractivity contribution in [1.29, 1.82) is 0 Å². The molecule has 1 aliphatic heterocycles. The van der Waals surface area contributed by atoms with Crippen LogP contribution in [-0.2, 0) is 0 Å². The van der Waals surface area contributed by atoms with E-state index in [-0.39, 0.29) is 0 Å². The number of nitrogens with two attached hydrogens (primary N) is 1. The summed E-state index contributed by atoms with van der Waals surface area (Å²) >= 11 is 0. The zero-order valence-electron chi connectivity index (χ0n) is 8.61. The van der Waals surface area contributed by atoms with Gasteiger partial charge in [0.25, 0.3) is 0 Å². The lowest BCUT2D eigenvalue weighted by Gasteiger charge is -2.33. The van der Waals surface area contributed by atoms with Crippen LogP contribution >= 0.6 is 0 Å². The van der Waals surface area contributed by atoms with Crippen LogP contribution in [0.25, 0.3) is 0 Å². The molecule has 1 saturated heterocycles. The Hall–Kier alpha value is -1.09. The quantitative estimate of drug-likeness (QED) is 0.736. The van der Waals surface area contributed by atoms with Gasteiger partial charge >= 0.3 is 0 Å². The first kappa shape index (κ1) is 9.46. The highest BCUT2D eigenvalue weighted by Crippen LogP contribution is 2.31. The molecule has 2 N–H and O–H groups in total. The molecule has 0 saturated carbocycles. The molecule has 3 heteroatoms. The van der Waals surface area contributed by atoms with Crippen molar-refractivity contribution >= 4 is 5.82 Å². The summed E-state index contributed by atoms with van der Waals surface area (Å²) in [7, 11) is 2.16. The third kappa shape index (κ3) is 1.73. The van der Waals surface area contributed by atoms with Crippen molar-refractivity contribution in [3.63, 3.8) is 0 Å². The first-order valence-corrected chi connectivity index (χ1v) is 5.19. The zero-order chi connectivity index (χ0) is 9.97. The Balaban J connectivity index is 2.25. The molecule has 0 radical (unpaired) electrons. The van der Waals surface area contributed by atoms with E-state index in [4.69, 9.17) is 5.73 Å². The van der Waals surface area contributed by atoms with Gasteiger partial charge in [-0.25, -0.2) is 4.98 Å². The molecule has 2 rings (SSSR count). The monoisotopic (exact) mass is 191 g/mol. The Labute approximate surface area is 84.9 Å². The van der Waals surface area contributed by atoms with E-state index in [1.165, 1.54) is 31.4 Å². The van der Waals surface area contributed by atoms with Gasteiger partial charge in [-0.05, 0) is 32.5 Å². The Bertz CT molecular complexity index is 311.